The van der Waals surface area contributed by atoms with Gasteiger partial charge >= 0.3 is 5.97 Å². The Labute approximate surface area is 199 Å². The molecule has 0 radical (unpaired) electrons. The molecule has 1 aromatic carbocycles. The van der Waals surface area contributed by atoms with Gasteiger partial charge in [-0.3, -0.25) is 19.2 Å². The number of Topliss-reactive ketones (excluding diaryl/α,β-unsaturated/α-hetero) is 1. The zero-order chi connectivity index (χ0) is 24.5. The maximum Gasteiger partial charge on any atom is 0.303 e. The van der Waals surface area contributed by atoms with E-state index in [0.29, 0.717) is 31.6 Å². The number of phenols is 1. The predicted octanol–water partition coefficient (Wildman–Crippen LogP) is 2.60. The fourth-order valence-electron chi connectivity index (χ4n) is 5.22. The minimum atomic E-state index is -0.795. The summed E-state index contributed by atoms with van der Waals surface area (Å²) in [6.45, 7) is 0.323. The van der Waals surface area contributed by atoms with E-state index < -0.39 is 5.97 Å². The quantitative estimate of drug-likeness (QED) is 0.259. The van der Waals surface area contributed by atoms with Crippen molar-refractivity contribution < 1.29 is 29.4 Å². The number of ketones is 1. The number of unbranched alkanes of at least 4 members (excludes halogenated alkanes) is 1. The Morgan fingerprint density at radius 2 is 1.65 bits per heavy atom. The normalized spacial score (nSPS) is 23.4. The highest BCUT2D eigenvalue weighted by Crippen LogP contribution is 2.51. The molecule has 4 atom stereocenters. The van der Waals surface area contributed by atoms with Gasteiger partial charge in [0.2, 0.25) is 11.8 Å². The van der Waals surface area contributed by atoms with Crippen LogP contribution in [0.2, 0.25) is 0 Å². The number of hydrogen-bond acceptors (Lipinski definition) is 5. The summed E-state index contributed by atoms with van der Waals surface area (Å²) in [5.74, 6) is -0.448. The minimum absolute atomic E-state index is 0.00406. The van der Waals surface area contributed by atoms with Crippen molar-refractivity contribution in [3.8, 4) is 5.75 Å². The maximum atomic E-state index is 12.6. The molecule has 184 valence electrons. The van der Waals surface area contributed by atoms with Gasteiger partial charge in [0.25, 0.3) is 0 Å². The van der Waals surface area contributed by atoms with Crippen LogP contribution in [0, 0.1) is 23.7 Å². The van der Waals surface area contributed by atoms with E-state index in [1.54, 1.807) is 24.3 Å². The molecule has 0 aromatic heterocycles. The van der Waals surface area contributed by atoms with E-state index >= 15 is 0 Å². The molecule has 2 amide bonds. The molecule has 2 aliphatic rings. The number of fused-ring (bicyclic) bond motifs is 2. The van der Waals surface area contributed by atoms with Crippen LogP contribution in [0.5, 0.6) is 5.75 Å². The third-order valence-corrected chi connectivity index (χ3v) is 7.00. The molecule has 2 saturated carbocycles. The van der Waals surface area contributed by atoms with Gasteiger partial charge in [-0.1, -0.05) is 24.3 Å². The second-order valence-electron chi connectivity index (χ2n) is 9.26. The van der Waals surface area contributed by atoms with Crippen LogP contribution in [-0.4, -0.2) is 46.9 Å². The van der Waals surface area contributed by atoms with Gasteiger partial charge in [-0.25, -0.2) is 0 Å². The number of carboxylic acids is 1. The first-order chi connectivity index (χ1) is 16.3. The number of allylic oxidation sites excluding steroid dienone is 2. The molecule has 34 heavy (non-hydrogen) atoms. The lowest BCUT2D eigenvalue weighted by Crippen LogP contribution is -2.41. The Balaban J connectivity index is 1.38. The van der Waals surface area contributed by atoms with Gasteiger partial charge in [0, 0.05) is 31.2 Å². The molecule has 0 saturated heterocycles. The van der Waals surface area contributed by atoms with Gasteiger partial charge in [0.05, 0.1) is 6.54 Å². The molecule has 0 heterocycles. The second-order valence-corrected chi connectivity index (χ2v) is 9.26. The number of aliphatic carboxylic acids is 1. The van der Waals surface area contributed by atoms with Crippen LogP contribution in [0.4, 0.5) is 0 Å². The summed E-state index contributed by atoms with van der Waals surface area (Å²) in [6.07, 6.45) is 8.79. The number of amides is 2. The van der Waals surface area contributed by atoms with E-state index in [2.05, 4.69) is 10.6 Å². The lowest BCUT2D eigenvalue weighted by atomic mass is 9.77. The Bertz CT molecular complexity index is 910. The average molecular weight is 471 g/mol. The number of carbonyl (C=O) groups is 4. The molecule has 4 N–H and O–H groups in total. The summed E-state index contributed by atoms with van der Waals surface area (Å²) in [6, 6.07) is 6.66. The van der Waals surface area contributed by atoms with Crippen molar-refractivity contribution in [2.24, 2.45) is 23.7 Å². The standard InChI is InChI=1S/C26H34N2O6/c29-18-10-7-17(8-11-18)9-14-23(30)28-16-24(31)27-15-22-19(20-12-13-21(22)26(20)34)5-3-1-2-4-6-25(32)33/h1,3,7-8,10-11,19-22,29H,2,4-6,9,12-16H2,(H,27,31)(H,28,30)(H,32,33)/b3-1-/t19-,20+,21-,22-/m1/s1. The third-order valence-electron chi connectivity index (χ3n) is 7.00. The lowest BCUT2D eigenvalue weighted by Gasteiger charge is -2.29. The number of aryl methyl sites for hydroxylation is 1. The third kappa shape index (κ3) is 7.17. The number of nitrogens with one attached hydrogen (secondary N) is 2. The molecule has 8 heteroatoms. The SMILES string of the molecule is O=C(O)CCC/C=C\C[C@H]1[C@@H](CNC(=O)CNC(=O)CCc2ccc(O)cc2)[C@H]2CC[C@@H]1C2=O. The number of aromatic hydroxyl groups is 1. The van der Waals surface area contributed by atoms with Crippen LogP contribution in [0.25, 0.3) is 0 Å². The van der Waals surface area contributed by atoms with E-state index in [4.69, 9.17) is 5.11 Å². The van der Waals surface area contributed by atoms with Crippen LogP contribution in [0.15, 0.2) is 36.4 Å². The minimum Gasteiger partial charge on any atom is -0.508 e. The smallest absolute Gasteiger partial charge is 0.303 e. The number of carbonyl (C=O) groups excluding carboxylic acids is 3. The van der Waals surface area contributed by atoms with E-state index in [1.807, 2.05) is 12.2 Å². The van der Waals surface area contributed by atoms with Gasteiger partial charge in [0.15, 0.2) is 0 Å². The van der Waals surface area contributed by atoms with Crippen LogP contribution >= 0.6 is 0 Å². The molecule has 0 spiro atoms. The molecule has 2 fully saturated rings. The molecule has 0 aliphatic heterocycles. The van der Waals surface area contributed by atoms with Crippen LogP contribution in [-0.2, 0) is 25.6 Å². The van der Waals surface area contributed by atoms with Crippen molar-refractivity contribution in [1.29, 1.82) is 0 Å². The average Bonchev–Trinajstić information content (AvgIpc) is 3.30. The number of phenolic OH excluding ortho intramolecular Hbond substituents is 1. The molecule has 2 bridgehead atoms. The van der Waals surface area contributed by atoms with Crippen molar-refractivity contribution >= 4 is 23.6 Å². The topological polar surface area (TPSA) is 133 Å². The van der Waals surface area contributed by atoms with Crippen LogP contribution < -0.4 is 10.6 Å². The molecule has 3 rings (SSSR count). The van der Waals surface area contributed by atoms with Gasteiger partial charge in [0.1, 0.15) is 11.5 Å². The van der Waals surface area contributed by atoms with Gasteiger partial charge in [-0.05, 0) is 68.1 Å². The summed E-state index contributed by atoms with van der Waals surface area (Å²) < 4.78 is 0. The highest BCUT2D eigenvalue weighted by atomic mass is 16.4. The Morgan fingerprint density at radius 1 is 0.941 bits per heavy atom. The second kappa shape index (κ2) is 12.3. The zero-order valence-corrected chi connectivity index (χ0v) is 19.4. The maximum absolute atomic E-state index is 12.6. The summed E-state index contributed by atoms with van der Waals surface area (Å²) in [7, 11) is 0. The van der Waals surface area contributed by atoms with E-state index in [-0.39, 0.29) is 60.6 Å². The number of rotatable bonds is 13. The van der Waals surface area contributed by atoms with Gasteiger partial charge in [-0.15, -0.1) is 0 Å². The highest BCUT2D eigenvalue weighted by molar-refractivity contribution is 5.89. The van der Waals surface area contributed by atoms with Crippen molar-refractivity contribution in [1.82, 2.24) is 10.6 Å². The summed E-state index contributed by atoms with van der Waals surface area (Å²) >= 11 is 0. The zero-order valence-electron chi connectivity index (χ0n) is 19.4. The number of carboxylic acid groups (broad SMARTS) is 1. The van der Waals surface area contributed by atoms with Crippen molar-refractivity contribution in [2.75, 3.05) is 13.1 Å². The summed E-state index contributed by atoms with van der Waals surface area (Å²) in [4.78, 5) is 47.5. The number of benzene rings is 1. The monoisotopic (exact) mass is 470 g/mol. The molecular formula is C26H34N2O6. The first-order valence-electron chi connectivity index (χ1n) is 12.1. The van der Waals surface area contributed by atoms with Crippen molar-refractivity contribution in [3.63, 3.8) is 0 Å². The van der Waals surface area contributed by atoms with Gasteiger partial charge in [-0.2, -0.15) is 0 Å². The van der Waals surface area contributed by atoms with E-state index in [0.717, 1.165) is 24.8 Å². The Kier molecular flexibility index (Phi) is 9.24. The molecule has 1 aromatic rings. The summed E-state index contributed by atoms with van der Waals surface area (Å²) in [5.41, 5.74) is 0.931. The predicted molar refractivity (Wildman–Crippen MR) is 126 cm³/mol. The highest BCUT2D eigenvalue weighted by Gasteiger charge is 2.53. The molecule has 8 nitrogen and oxygen atoms in total. The fourth-order valence-corrected chi connectivity index (χ4v) is 5.22. The van der Waals surface area contributed by atoms with Crippen LogP contribution in [0.1, 0.15) is 50.5 Å². The molecular weight excluding hydrogens is 436 g/mol. The first kappa shape index (κ1) is 25.5. The molecule has 2 aliphatic carbocycles. The fraction of sp³-hybridized carbons (Fsp3) is 0.538. The first-order valence-corrected chi connectivity index (χ1v) is 12.1. The van der Waals surface area contributed by atoms with Crippen molar-refractivity contribution in [3.05, 3.63) is 42.0 Å². The van der Waals surface area contributed by atoms with Gasteiger partial charge < -0.3 is 20.8 Å². The van der Waals surface area contributed by atoms with Crippen molar-refractivity contribution in [2.45, 2.75) is 51.4 Å². The Morgan fingerprint density at radius 3 is 2.35 bits per heavy atom. The molecule has 0 unspecified atom stereocenters. The van der Waals surface area contributed by atoms with E-state index in [1.165, 1.54) is 0 Å². The lowest BCUT2D eigenvalue weighted by molar-refractivity contribution is -0.137. The number of hydrogen-bond donors (Lipinski definition) is 4. The summed E-state index contributed by atoms with van der Waals surface area (Å²) in [5, 5.41) is 23.5. The largest absolute Gasteiger partial charge is 0.508 e. The van der Waals surface area contributed by atoms with E-state index in [9.17, 15) is 24.3 Å². The van der Waals surface area contributed by atoms with Crippen LogP contribution in [0.3, 0.4) is 0 Å². The Hall–Kier alpha value is -3.16.